The number of carbonyl (C=O) groups is 1. The van der Waals surface area contributed by atoms with Crippen LogP contribution in [0.25, 0.3) is 0 Å². The third-order valence-electron chi connectivity index (χ3n) is 3.20. The molecule has 1 rings (SSSR count). The highest BCUT2D eigenvalue weighted by Gasteiger charge is 2.12. The van der Waals surface area contributed by atoms with Gasteiger partial charge in [-0.3, -0.25) is 9.10 Å². The summed E-state index contributed by atoms with van der Waals surface area (Å²) in [7, 11) is -1.81. The van der Waals surface area contributed by atoms with Gasteiger partial charge in [-0.15, -0.1) is 0 Å². The lowest BCUT2D eigenvalue weighted by molar-refractivity contribution is -0.123. The molecule has 124 valence electrons. The third kappa shape index (κ3) is 5.93. The zero-order valence-corrected chi connectivity index (χ0v) is 14.3. The lowest BCUT2D eigenvalue weighted by atomic mass is 10.2. The van der Waals surface area contributed by atoms with E-state index in [0.717, 1.165) is 19.1 Å². The van der Waals surface area contributed by atoms with E-state index < -0.39 is 10.0 Å². The molecule has 0 bridgehead atoms. The first-order chi connectivity index (χ1) is 10.2. The number of hydrogen-bond donors (Lipinski definition) is 1. The van der Waals surface area contributed by atoms with Gasteiger partial charge in [0.15, 0.2) is 6.61 Å². The second kappa shape index (κ2) is 8.03. The van der Waals surface area contributed by atoms with E-state index in [1.807, 2.05) is 6.92 Å². The zero-order valence-electron chi connectivity index (χ0n) is 13.5. The Morgan fingerprint density at radius 2 is 1.91 bits per heavy atom. The van der Waals surface area contributed by atoms with Crippen LogP contribution in [0.5, 0.6) is 5.75 Å². The number of anilines is 1. The van der Waals surface area contributed by atoms with Gasteiger partial charge in [-0.1, -0.05) is 13.3 Å². The molecule has 0 fully saturated rings. The minimum atomic E-state index is -3.29. The van der Waals surface area contributed by atoms with Crippen LogP contribution in [-0.4, -0.2) is 40.3 Å². The molecule has 1 aromatic carbocycles. The second-order valence-electron chi connectivity index (χ2n) is 5.27. The molecule has 0 unspecified atom stereocenters. The summed E-state index contributed by atoms with van der Waals surface area (Å²) < 4.78 is 29.4. The molecule has 0 spiro atoms. The largest absolute Gasteiger partial charge is 0.484 e. The van der Waals surface area contributed by atoms with Crippen molar-refractivity contribution in [2.75, 3.05) is 24.2 Å². The van der Waals surface area contributed by atoms with Crippen molar-refractivity contribution < 1.29 is 17.9 Å². The van der Waals surface area contributed by atoms with Gasteiger partial charge in [-0.2, -0.15) is 0 Å². The van der Waals surface area contributed by atoms with Crippen molar-refractivity contribution >= 4 is 21.6 Å². The van der Waals surface area contributed by atoms with E-state index in [2.05, 4.69) is 12.2 Å². The van der Waals surface area contributed by atoms with Crippen LogP contribution in [0.15, 0.2) is 24.3 Å². The molecule has 0 radical (unpaired) electrons. The number of nitrogens with zero attached hydrogens (tertiary/aromatic N) is 1. The molecular formula is C15H24N2O4S. The number of hydrogen-bond acceptors (Lipinski definition) is 4. The summed E-state index contributed by atoms with van der Waals surface area (Å²) in [6.07, 6.45) is 3.08. The highest BCUT2D eigenvalue weighted by atomic mass is 32.2. The minimum Gasteiger partial charge on any atom is -0.484 e. The highest BCUT2D eigenvalue weighted by molar-refractivity contribution is 7.92. The second-order valence-corrected chi connectivity index (χ2v) is 7.28. The molecule has 6 nitrogen and oxygen atoms in total. The van der Waals surface area contributed by atoms with Gasteiger partial charge in [-0.25, -0.2) is 8.42 Å². The third-order valence-corrected chi connectivity index (χ3v) is 4.40. The number of nitrogens with one attached hydrogen (secondary N) is 1. The Labute approximate surface area is 132 Å². The van der Waals surface area contributed by atoms with Crippen LogP contribution < -0.4 is 14.4 Å². The number of sulfonamides is 1. The number of benzene rings is 1. The normalized spacial score (nSPS) is 12.5. The minimum absolute atomic E-state index is 0.0602. The lowest BCUT2D eigenvalue weighted by Crippen LogP contribution is -2.35. The maximum atomic E-state index is 11.7. The summed E-state index contributed by atoms with van der Waals surface area (Å²) in [6, 6.07) is 6.67. The molecule has 1 amide bonds. The Morgan fingerprint density at radius 3 is 2.41 bits per heavy atom. The van der Waals surface area contributed by atoms with Gasteiger partial charge >= 0.3 is 0 Å². The van der Waals surface area contributed by atoms with Crippen molar-refractivity contribution in [2.45, 2.75) is 32.7 Å². The molecule has 1 aromatic rings. The fourth-order valence-electron chi connectivity index (χ4n) is 1.91. The van der Waals surface area contributed by atoms with Crippen molar-refractivity contribution in [1.82, 2.24) is 5.32 Å². The van der Waals surface area contributed by atoms with Gasteiger partial charge in [-0.05, 0) is 37.6 Å². The van der Waals surface area contributed by atoms with Crippen molar-refractivity contribution in [3.8, 4) is 5.75 Å². The molecular weight excluding hydrogens is 304 g/mol. The fourth-order valence-corrected chi connectivity index (χ4v) is 2.42. The van der Waals surface area contributed by atoms with E-state index in [4.69, 9.17) is 4.74 Å². The van der Waals surface area contributed by atoms with Crippen LogP contribution >= 0.6 is 0 Å². The first-order valence-corrected chi connectivity index (χ1v) is 9.05. The Bertz CT molecular complexity index is 584. The molecule has 0 saturated carbocycles. The zero-order chi connectivity index (χ0) is 16.8. The average Bonchev–Trinajstić information content (AvgIpc) is 2.44. The first kappa shape index (κ1) is 18.3. The van der Waals surface area contributed by atoms with Gasteiger partial charge in [0.2, 0.25) is 10.0 Å². The monoisotopic (exact) mass is 328 g/mol. The lowest BCUT2D eigenvalue weighted by Gasteiger charge is -2.17. The van der Waals surface area contributed by atoms with Crippen LogP contribution in [0.3, 0.4) is 0 Å². The Balaban J connectivity index is 2.53. The number of amides is 1. The smallest absolute Gasteiger partial charge is 0.258 e. The van der Waals surface area contributed by atoms with E-state index in [9.17, 15) is 13.2 Å². The fraction of sp³-hybridized carbons (Fsp3) is 0.533. The van der Waals surface area contributed by atoms with Crippen LogP contribution in [0.4, 0.5) is 5.69 Å². The highest BCUT2D eigenvalue weighted by Crippen LogP contribution is 2.20. The SMILES string of the molecule is CCC[C@H](C)NC(=O)COc1ccc(N(C)S(C)(=O)=O)cc1. The van der Waals surface area contributed by atoms with Crippen molar-refractivity contribution in [3.63, 3.8) is 0 Å². The van der Waals surface area contributed by atoms with E-state index in [1.54, 1.807) is 24.3 Å². The van der Waals surface area contributed by atoms with Crippen molar-refractivity contribution in [3.05, 3.63) is 24.3 Å². The molecule has 0 aromatic heterocycles. The Morgan fingerprint density at radius 1 is 1.32 bits per heavy atom. The van der Waals surface area contributed by atoms with Crippen LogP contribution in [0.2, 0.25) is 0 Å². The van der Waals surface area contributed by atoms with E-state index in [1.165, 1.54) is 11.4 Å². The summed E-state index contributed by atoms with van der Waals surface area (Å²) in [5.41, 5.74) is 0.538. The van der Waals surface area contributed by atoms with E-state index >= 15 is 0 Å². The Hall–Kier alpha value is -1.76. The molecule has 22 heavy (non-hydrogen) atoms. The van der Waals surface area contributed by atoms with Gasteiger partial charge < -0.3 is 10.1 Å². The summed E-state index contributed by atoms with van der Waals surface area (Å²) in [5.74, 6) is 0.349. The number of rotatable bonds is 8. The van der Waals surface area contributed by atoms with Gasteiger partial charge in [0.05, 0.1) is 11.9 Å². The molecule has 1 N–H and O–H groups in total. The number of carbonyl (C=O) groups excluding carboxylic acids is 1. The summed E-state index contributed by atoms with van der Waals surface area (Å²) >= 11 is 0. The first-order valence-electron chi connectivity index (χ1n) is 7.20. The molecule has 0 aliphatic carbocycles. The maximum Gasteiger partial charge on any atom is 0.258 e. The molecule has 0 aliphatic heterocycles. The predicted octanol–water partition coefficient (Wildman–Crippen LogP) is 1.77. The topological polar surface area (TPSA) is 75.7 Å². The molecule has 0 heterocycles. The van der Waals surface area contributed by atoms with Crippen molar-refractivity contribution in [2.24, 2.45) is 0 Å². The summed E-state index contributed by atoms with van der Waals surface area (Å²) in [6.45, 7) is 3.96. The predicted molar refractivity (Wildman–Crippen MR) is 87.7 cm³/mol. The van der Waals surface area contributed by atoms with Gasteiger partial charge in [0, 0.05) is 13.1 Å². The molecule has 0 aliphatic rings. The van der Waals surface area contributed by atoms with Crippen LogP contribution in [0.1, 0.15) is 26.7 Å². The summed E-state index contributed by atoms with van der Waals surface area (Å²) in [5, 5.41) is 2.85. The standard InChI is InChI=1S/C15H24N2O4S/c1-5-6-12(2)16-15(18)11-21-14-9-7-13(8-10-14)17(3)22(4,19)20/h7-10,12H,5-6,11H2,1-4H3,(H,16,18)/t12-/m0/s1. The molecule has 7 heteroatoms. The Kier molecular flexibility index (Phi) is 6.67. The van der Waals surface area contributed by atoms with E-state index in [-0.39, 0.29) is 18.6 Å². The molecule has 0 saturated heterocycles. The quantitative estimate of drug-likeness (QED) is 0.789. The average molecular weight is 328 g/mol. The van der Waals surface area contributed by atoms with Crippen LogP contribution in [0, 0.1) is 0 Å². The van der Waals surface area contributed by atoms with Crippen molar-refractivity contribution in [1.29, 1.82) is 0 Å². The summed E-state index contributed by atoms with van der Waals surface area (Å²) in [4.78, 5) is 11.7. The van der Waals surface area contributed by atoms with E-state index in [0.29, 0.717) is 11.4 Å². The molecule has 1 atom stereocenters. The van der Waals surface area contributed by atoms with Gasteiger partial charge in [0.25, 0.3) is 5.91 Å². The van der Waals surface area contributed by atoms with Crippen LogP contribution in [-0.2, 0) is 14.8 Å². The van der Waals surface area contributed by atoms with Gasteiger partial charge in [0.1, 0.15) is 5.75 Å². The number of ether oxygens (including phenoxy) is 1. The maximum absolute atomic E-state index is 11.7.